The Bertz CT molecular complexity index is 803. The third-order valence-electron chi connectivity index (χ3n) is 2.96. The lowest BCUT2D eigenvalue weighted by Gasteiger charge is -2.09. The van der Waals surface area contributed by atoms with Crippen molar-refractivity contribution in [1.29, 1.82) is 0 Å². The van der Waals surface area contributed by atoms with E-state index in [1.807, 2.05) is 24.3 Å². The molecule has 0 saturated heterocycles. The summed E-state index contributed by atoms with van der Waals surface area (Å²) < 4.78 is 10.0. The van der Waals surface area contributed by atoms with Crippen molar-refractivity contribution in [3.63, 3.8) is 0 Å². The van der Waals surface area contributed by atoms with Gasteiger partial charge < -0.3 is 20.2 Å². The Balaban J connectivity index is 1.96. The fraction of sp³-hybridized carbons (Fsp3) is 0.0714. The highest BCUT2D eigenvalue weighted by molar-refractivity contribution is 5.87. The number of ether oxygens (including phenoxy) is 1. The largest absolute Gasteiger partial charge is 0.497 e. The number of aromatic nitrogens is 1. The molecule has 102 valence electrons. The van der Waals surface area contributed by atoms with Crippen LogP contribution in [0.3, 0.4) is 0 Å². The zero-order chi connectivity index (χ0) is 14.1. The van der Waals surface area contributed by atoms with Crippen molar-refractivity contribution in [3.8, 4) is 5.75 Å². The van der Waals surface area contributed by atoms with Crippen LogP contribution in [0.5, 0.6) is 5.75 Å². The summed E-state index contributed by atoms with van der Waals surface area (Å²) in [4.78, 5) is 13.7. The van der Waals surface area contributed by atoms with Crippen LogP contribution in [0.25, 0.3) is 11.1 Å². The summed E-state index contributed by atoms with van der Waals surface area (Å²) in [6.45, 7) is 0. The Kier molecular flexibility index (Phi) is 2.83. The van der Waals surface area contributed by atoms with Crippen molar-refractivity contribution in [2.45, 2.75) is 0 Å². The van der Waals surface area contributed by atoms with Crippen molar-refractivity contribution >= 4 is 28.2 Å². The van der Waals surface area contributed by atoms with E-state index >= 15 is 0 Å². The van der Waals surface area contributed by atoms with Crippen molar-refractivity contribution in [3.05, 3.63) is 46.9 Å². The Morgan fingerprint density at radius 3 is 2.70 bits per heavy atom. The first-order chi connectivity index (χ1) is 9.65. The molecule has 2 aromatic carbocycles. The molecule has 0 fully saturated rings. The van der Waals surface area contributed by atoms with Crippen LogP contribution in [0.1, 0.15) is 0 Å². The standard InChI is InChI=1S/C14H13N3O3/c1-19-9-4-2-8(3-5-9)16-11-7-12-13(6-10(11)15)20-14(18)17-12/h2-7,16H,15H2,1H3,(H,17,18). The van der Waals surface area contributed by atoms with E-state index in [2.05, 4.69) is 10.3 Å². The van der Waals surface area contributed by atoms with Gasteiger partial charge in [-0.05, 0) is 30.3 Å². The van der Waals surface area contributed by atoms with Gasteiger partial charge in [0.1, 0.15) is 5.75 Å². The smallest absolute Gasteiger partial charge is 0.417 e. The third kappa shape index (κ3) is 2.18. The monoisotopic (exact) mass is 271 g/mol. The number of H-pyrrole nitrogens is 1. The topological polar surface area (TPSA) is 93.3 Å². The Labute approximate surface area is 114 Å². The van der Waals surface area contributed by atoms with Gasteiger partial charge in [0.05, 0.1) is 24.0 Å². The van der Waals surface area contributed by atoms with Crippen LogP contribution in [-0.2, 0) is 0 Å². The van der Waals surface area contributed by atoms with Gasteiger partial charge in [0.25, 0.3) is 0 Å². The van der Waals surface area contributed by atoms with Crippen LogP contribution < -0.4 is 21.5 Å². The minimum absolute atomic E-state index is 0.438. The Hall–Kier alpha value is -2.89. The van der Waals surface area contributed by atoms with Crippen molar-refractivity contribution < 1.29 is 9.15 Å². The second kappa shape index (κ2) is 4.65. The van der Waals surface area contributed by atoms with Gasteiger partial charge in [0.15, 0.2) is 5.58 Å². The van der Waals surface area contributed by atoms with E-state index in [-0.39, 0.29) is 0 Å². The van der Waals surface area contributed by atoms with E-state index in [0.717, 1.165) is 11.4 Å². The number of benzene rings is 2. The summed E-state index contributed by atoms with van der Waals surface area (Å²) in [5, 5.41) is 3.18. The lowest BCUT2D eigenvalue weighted by atomic mass is 10.2. The quantitative estimate of drug-likeness (QED) is 0.636. The summed E-state index contributed by atoms with van der Waals surface area (Å²) in [6, 6.07) is 10.8. The van der Waals surface area contributed by atoms with E-state index in [1.54, 1.807) is 19.2 Å². The zero-order valence-electron chi connectivity index (χ0n) is 10.8. The molecular weight excluding hydrogens is 258 g/mol. The summed E-state index contributed by atoms with van der Waals surface area (Å²) in [7, 11) is 1.61. The fourth-order valence-corrected chi connectivity index (χ4v) is 1.95. The minimum Gasteiger partial charge on any atom is -0.497 e. The van der Waals surface area contributed by atoms with Gasteiger partial charge in [-0.25, -0.2) is 4.79 Å². The molecule has 0 unspecified atom stereocenters. The highest BCUT2D eigenvalue weighted by Gasteiger charge is 2.07. The molecule has 0 aliphatic carbocycles. The van der Waals surface area contributed by atoms with Gasteiger partial charge in [0, 0.05) is 11.8 Å². The molecule has 4 N–H and O–H groups in total. The molecule has 0 radical (unpaired) electrons. The van der Waals surface area contributed by atoms with Gasteiger partial charge in [-0.15, -0.1) is 0 Å². The number of anilines is 3. The molecule has 0 aliphatic rings. The lowest BCUT2D eigenvalue weighted by molar-refractivity contribution is 0.415. The predicted molar refractivity (Wildman–Crippen MR) is 77.5 cm³/mol. The number of hydrogen-bond donors (Lipinski definition) is 3. The van der Waals surface area contributed by atoms with Crippen LogP contribution in [0.15, 0.2) is 45.6 Å². The van der Waals surface area contributed by atoms with Crippen LogP contribution in [-0.4, -0.2) is 12.1 Å². The molecule has 6 nitrogen and oxygen atoms in total. The number of methoxy groups -OCH3 is 1. The molecule has 0 bridgehead atoms. The molecule has 0 aliphatic heterocycles. The number of hydrogen-bond acceptors (Lipinski definition) is 5. The fourth-order valence-electron chi connectivity index (χ4n) is 1.95. The highest BCUT2D eigenvalue weighted by atomic mass is 16.5. The first kappa shape index (κ1) is 12.2. The van der Waals surface area contributed by atoms with Gasteiger partial charge in [0.2, 0.25) is 0 Å². The van der Waals surface area contributed by atoms with Crippen molar-refractivity contribution in [1.82, 2.24) is 4.98 Å². The van der Waals surface area contributed by atoms with Gasteiger partial charge in [-0.3, -0.25) is 4.98 Å². The summed E-state index contributed by atoms with van der Waals surface area (Å²) in [5.74, 6) is 0.277. The van der Waals surface area contributed by atoms with Gasteiger partial charge >= 0.3 is 5.76 Å². The Morgan fingerprint density at radius 2 is 2.00 bits per heavy atom. The number of oxazole rings is 1. The molecule has 3 aromatic rings. The molecule has 0 saturated carbocycles. The predicted octanol–water partition coefficient (Wildman–Crippen LogP) is 2.46. The average Bonchev–Trinajstić information content (AvgIpc) is 2.79. The molecule has 20 heavy (non-hydrogen) atoms. The zero-order valence-corrected chi connectivity index (χ0v) is 10.8. The molecule has 0 atom stereocenters. The van der Waals surface area contributed by atoms with Crippen molar-refractivity contribution in [2.75, 3.05) is 18.2 Å². The lowest BCUT2D eigenvalue weighted by Crippen LogP contribution is -1.96. The SMILES string of the molecule is COc1ccc(Nc2cc3[nH]c(=O)oc3cc2N)cc1. The average molecular weight is 271 g/mol. The molecule has 1 aromatic heterocycles. The number of fused-ring (bicyclic) bond motifs is 1. The molecule has 3 rings (SSSR count). The third-order valence-corrected chi connectivity index (χ3v) is 2.96. The van der Waals surface area contributed by atoms with E-state index in [9.17, 15) is 4.79 Å². The van der Waals surface area contributed by atoms with Crippen LogP contribution in [0.4, 0.5) is 17.1 Å². The first-order valence-electron chi connectivity index (χ1n) is 5.99. The van der Waals surface area contributed by atoms with Gasteiger partial charge in [-0.2, -0.15) is 0 Å². The van der Waals surface area contributed by atoms with E-state index < -0.39 is 5.76 Å². The number of nitrogen functional groups attached to an aromatic ring is 1. The first-order valence-corrected chi connectivity index (χ1v) is 5.99. The summed E-state index contributed by atoms with van der Waals surface area (Å²) in [6.07, 6.45) is 0. The normalized spacial score (nSPS) is 10.7. The maximum Gasteiger partial charge on any atom is 0.417 e. The number of nitrogens with one attached hydrogen (secondary N) is 2. The molecular formula is C14H13N3O3. The maximum atomic E-state index is 11.1. The Morgan fingerprint density at radius 1 is 1.25 bits per heavy atom. The van der Waals surface area contributed by atoms with E-state index in [4.69, 9.17) is 14.9 Å². The maximum absolute atomic E-state index is 11.1. The van der Waals surface area contributed by atoms with Crippen LogP contribution in [0, 0.1) is 0 Å². The summed E-state index contributed by atoms with van der Waals surface area (Å²) >= 11 is 0. The molecule has 0 amide bonds. The van der Waals surface area contributed by atoms with Gasteiger partial charge in [-0.1, -0.05) is 0 Å². The van der Waals surface area contributed by atoms with Crippen LogP contribution >= 0.6 is 0 Å². The molecule has 0 spiro atoms. The minimum atomic E-state index is -0.499. The van der Waals surface area contributed by atoms with Crippen LogP contribution in [0.2, 0.25) is 0 Å². The number of rotatable bonds is 3. The highest BCUT2D eigenvalue weighted by Crippen LogP contribution is 2.28. The number of nitrogens with two attached hydrogens (primary N) is 1. The van der Waals surface area contributed by atoms with E-state index in [1.165, 1.54) is 0 Å². The molecule has 1 heterocycles. The van der Waals surface area contributed by atoms with Crippen molar-refractivity contribution in [2.24, 2.45) is 0 Å². The van der Waals surface area contributed by atoms with E-state index in [0.29, 0.717) is 22.5 Å². The second-order valence-corrected chi connectivity index (χ2v) is 4.30. The number of aromatic amines is 1. The molecule has 6 heteroatoms. The summed E-state index contributed by atoms with van der Waals surface area (Å²) in [5.41, 5.74) is 9.03. The second-order valence-electron chi connectivity index (χ2n) is 4.30.